The third-order valence-electron chi connectivity index (χ3n) is 7.66. The van der Waals surface area contributed by atoms with Crippen molar-refractivity contribution < 1.29 is 18.0 Å². The van der Waals surface area contributed by atoms with Crippen LogP contribution in [0.15, 0.2) is 67.0 Å². The average Bonchev–Trinajstić information content (AvgIpc) is 3.20. The van der Waals surface area contributed by atoms with Crippen molar-refractivity contribution in [2.45, 2.75) is 37.5 Å². The molecular formula is C28H28F3N7O. The van der Waals surface area contributed by atoms with E-state index in [0.29, 0.717) is 24.5 Å². The van der Waals surface area contributed by atoms with Crippen molar-refractivity contribution in [3.63, 3.8) is 0 Å². The van der Waals surface area contributed by atoms with Gasteiger partial charge in [0.05, 0.1) is 17.9 Å². The molecule has 202 valence electrons. The van der Waals surface area contributed by atoms with Crippen molar-refractivity contribution in [3.8, 4) is 16.9 Å². The van der Waals surface area contributed by atoms with Gasteiger partial charge in [-0.25, -0.2) is 9.48 Å². The molecule has 4 aromatic rings. The lowest BCUT2D eigenvalue weighted by atomic mass is 9.87. The zero-order valence-corrected chi connectivity index (χ0v) is 21.5. The number of fused-ring (bicyclic) bond motifs is 2. The van der Waals surface area contributed by atoms with E-state index in [9.17, 15) is 18.0 Å². The summed E-state index contributed by atoms with van der Waals surface area (Å²) in [5.74, 6) is 0.000656. The fourth-order valence-electron chi connectivity index (χ4n) is 5.75. The Hall–Kier alpha value is -4.12. The molecule has 8 nitrogen and oxygen atoms in total. The molecule has 2 aromatic heterocycles. The smallest absolute Gasteiger partial charge is 0.330 e. The number of carbonyl (C=O) groups is 1. The summed E-state index contributed by atoms with van der Waals surface area (Å²) in [6.07, 6.45) is -1.03. The number of nitrogens with one attached hydrogen (secondary N) is 3. The highest BCUT2D eigenvalue weighted by molar-refractivity contribution is 5.91. The van der Waals surface area contributed by atoms with E-state index < -0.39 is 36.1 Å². The molecular weight excluding hydrogens is 507 g/mol. The minimum atomic E-state index is -4.21. The van der Waals surface area contributed by atoms with Gasteiger partial charge in [0.15, 0.2) is 0 Å². The molecule has 3 N–H and O–H groups in total. The van der Waals surface area contributed by atoms with E-state index in [2.05, 4.69) is 21.0 Å². The summed E-state index contributed by atoms with van der Waals surface area (Å²) in [4.78, 5) is 13.3. The molecule has 1 fully saturated rings. The normalized spacial score (nSPS) is 22.0. The van der Waals surface area contributed by atoms with Gasteiger partial charge in [-0.3, -0.25) is 10.00 Å². The number of hydrogen-bond acceptors (Lipinski definition) is 4. The van der Waals surface area contributed by atoms with Crippen LogP contribution in [0, 0.1) is 12.8 Å². The Kier molecular flexibility index (Phi) is 5.98. The molecule has 0 radical (unpaired) electrons. The third-order valence-corrected chi connectivity index (χ3v) is 7.66. The fourth-order valence-corrected chi connectivity index (χ4v) is 5.75. The molecule has 1 aliphatic heterocycles. The van der Waals surface area contributed by atoms with Gasteiger partial charge in [-0.2, -0.15) is 23.4 Å². The van der Waals surface area contributed by atoms with Crippen LogP contribution >= 0.6 is 0 Å². The number of hydrogen-bond donors (Lipinski definition) is 3. The van der Waals surface area contributed by atoms with Crippen LogP contribution in [-0.2, 0) is 12.6 Å². The monoisotopic (exact) mass is 535 g/mol. The second-order valence-corrected chi connectivity index (χ2v) is 10.3. The molecule has 3 unspecified atom stereocenters. The van der Waals surface area contributed by atoms with Crippen LogP contribution in [0.4, 0.5) is 23.8 Å². The molecule has 3 atom stereocenters. The van der Waals surface area contributed by atoms with Crippen LogP contribution in [0.25, 0.3) is 16.9 Å². The summed E-state index contributed by atoms with van der Waals surface area (Å²) in [5, 5.41) is 18.3. The molecule has 39 heavy (non-hydrogen) atoms. The number of rotatable bonds is 5. The lowest BCUT2D eigenvalue weighted by molar-refractivity contribution is -0.139. The maximum absolute atomic E-state index is 13.3. The zero-order valence-electron chi connectivity index (χ0n) is 21.5. The van der Waals surface area contributed by atoms with E-state index in [-0.39, 0.29) is 0 Å². The molecule has 1 aliphatic carbocycles. The van der Waals surface area contributed by atoms with Gasteiger partial charge in [-0.05, 0) is 42.5 Å². The van der Waals surface area contributed by atoms with E-state index in [1.807, 2.05) is 74.8 Å². The van der Waals surface area contributed by atoms with Crippen molar-refractivity contribution >= 4 is 11.8 Å². The zero-order chi connectivity index (χ0) is 27.4. The van der Waals surface area contributed by atoms with Crippen molar-refractivity contribution in [3.05, 3.63) is 83.7 Å². The molecule has 1 saturated carbocycles. The number of aryl methyl sites for hydroxylation is 1. The summed E-state index contributed by atoms with van der Waals surface area (Å²) in [7, 11) is 1.83. The van der Waals surface area contributed by atoms with E-state index in [0.717, 1.165) is 27.9 Å². The highest BCUT2D eigenvalue weighted by Crippen LogP contribution is 2.59. The minimum absolute atomic E-state index is 0.330. The predicted molar refractivity (Wildman–Crippen MR) is 140 cm³/mol. The molecule has 6 rings (SSSR count). The topological polar surface area (TPSA) is 88.8 Å². The van der Waals surface area contributed by atoms with Crippen LogP contribution in [0.1, 0.15) is 35.6 Å². The van der Waals surface area contributed by atoms with Crippen LogP contribution in [0.5, 0.6) is 0 Å². The fraction of sp³-hybridized carbons (Fsp3) is 0.321. The van der Waals surface area contributed by atoms with Gasteiger partial charge in [0.2, 0.25) is 0 Å². The number of urea groups is 1. The number of alkyl halides is 3. The van der Waals surface area contributed by atoms with E-state index in [1.165, 1.54) is 0 Å². The Bertz CT molecular complexity index is 1530. The Morgan fingerprint density at radius 2 is 1.90 bits per heavy atom. The third kappa shape index (κ3) is 4.67. The van der Waals surface area contributed by atoms with Gasteiger partial charge in [-0.15, -0.1) is 0 Å². The number of benzene rings is 2. The molecule has 1 spiro atoms. The lowest BCUT2D eigenvalue weighted by Crippen LogP contribution is -2.47. The number of carbonyl (C=O) groups excluding carboxylic acids is 1. The number of anilines is 1. The Morgan fingerprint density at radius 1 is 1.15 bits per heavy atom. The van der Waals surface area contributed by atoms with Gasteiger partial charge in [0.25, 0.3) is 0 Å². The van der Waals surface area contributed by atoms with Crippen molar-refractivity contribution in [2.75, 3.05) is 11.9 Å². The number of amides is 2. The lowest BCUT2D eigenvalue weighted by Gasteiger charge is -2.34. The van der Waals surface area contributed by atoms with Crippen molar-refractivity contribution in [1.82, 2.24) is 30.2 Å². The summed E-state index contributed by atoms with van der Waals surface area (Å²) < 4.78 is 42.7. The first-order valence-corrected chi connectivity index (χ1v) is 12.8. The van der Waals surface area contributed by atoms with Crippen LogP contribution in [-0.4, -0.2) is 38.3 Å². The molecule has 0 bridgehead atoms. The quantitative estimate of drug-likeness (QED) is 0.327. The second-order valence-electron chi connectivity index (χ2n) is 10.3. The van der Waals surface area contributed by atoms with Gasteiger partial charge in [0, 0.05) is 42.9 Å². The Labute approximate surface area is 223 Å². The van der Waals surface area contributed by atoms with Crippen molar-refractivity contribution in [1.29, 1.82) is 0 Å². The molecule has 2 aromatic carbocycles. The molecule has 2 amide bonds. The van der Waals surface area contributed by atoms with Gasteiger partial charge < -0.3 is 10.6 Å². The van der Waals surface area contributed by atoms with Crippen LogP contribution in [0.2, 0.25) is 0 Å². The standard InChI is InChI=1S/C28H28F3N7O/c1-17-24(18-14-33-37(2)16-18)36-38(20-8-4-3-5-9-20)25(17)35-26(39)34-23-15-32-27(12-19(27)13-28(29,30)31)22-11-7-6-10-21(22)23/h3-11,14,16,19,23,32H,12-13,15H2,1-2H3,(H2,34,35,39). The summed E-state index contributed by atoms with van der Waals surface area (Å²) in [5.41, 5.74) is 4.03. The summed E-state index contributed by atoms with van der Waals surface area (Å²) in [6, 6.07) is 16.1. The molecule has 11 heteroatoms. The SMILES string of the molecule is Cc1c(-c2cnn(C)c2)nn(-c2ccccc2)c1NC(=O)NC1CNC2(CC2CC(F)(F)F)c2ccccc21. The van der Waals surface area contributed by atoms with E-state index in [1.54, 1.807) is 15.6 Å². The van der Waals surface area contributed by atoms with Gasteiger partial charge in [-0.1, -0.05) is 42.5 Å². The second kappa shape index (κ2) is 9.26. The molecule has 3 heterocycles. The first-order valence-electron chi connectivity index (χ1n) is 12.8. The number of aromatic nitrogens is 4. The maximum atomic E-state index is 13.3. The largest absolute Gasteiger partial charge is 0.389 e. The predicted octanol–water partition coefficient (Wildman–Crippen LogP) is 5.21. The summed E-state index contributed by atoms with van der Waals surface area (Å²) >= 11 is 0. The van der Waals surface area contributed by atoms with Gasteiger partial charge in [0.1, 0.15) is 11.5 Å². The number of nitrogens with zero attached hydrogens (tertiary/aromatic N) is 4. The number of halogens is 3. The molecule has 0 saturated heterocycles. The maximum Gasteiger partial charge on any atom is 0.389 e. The van der Waals surface area contributed by atoms with E-state index >= 15 is 0 Å². The number of para-hydroxylation sites is 1. The van der Waals surface area contributed by atoms with Crippen molar-refractivity contribution in [2.24, 2.45) is 13.0 Å². The Morgan fingerprint density at radius 3 is 2.62 bits per heavy atom. The molecule has 2 aliphatic rings. The van der Waals surface area contributed by atoms with E-state index in [4.69, 9.17) is 5.10 Å². The van der Waals surface area contributed by atoms with Crippen LogP contribution in [0.3, 0.4) is 0 Å². The summed E-state index contributed by atoms with van der Waals surface area (Å²) in [6.45, 7) is 2.22. The highest BCUT2D eigenvalue weighted by Gasteiger charge is 2.60. The Balaban J connectivity index is 1.26. The highest BCUT2D eigenvalue weighted by atomic mass is 19.4. The van der Waals surface area contributed by atoms with Crippen LogP contribution < -0.4 is 16.0 Å². The van der Waals surface area contributed by atoms with Gasteiger partial charge >= 0.3 is 12.2 Å². The minimum Gasteiger partial charge on any atom is -0.330 e. The first-order chi connectivity index (χ1) is 18.6. The first kappa shape index (κ1) is 25.2. The average molecular weight is 536 g/mol.